The van der Waals surface area contributed by atoms with Gasteiger partial charge in [0, 0.05) is 30.1 Å². The summed E-state index contributed by atoms with van der Waals surface area (Å²) in [6.07, 6.45) is 4.32. The van der Waals surface area contributed by atoms with Gasteiger partial charge in [0.15, 0.2) is 11.8 Å². The molecule has 0 saturated carbocycles. The third-order valence-corrected chi connectivity index (χ3v) is 3.36. The van der Waals surface area contributed by atoms with Gasteiger partial charge in [0.05, 0.1) is 6.20 Å². The molecule has 1 N–H and O–H groups in total. The Morgan fingerprint density at radius 2 is 1.88 bits per heavy atom. The van der Waals surface area contributed by atoms with Crippen molar-refractivity contribution < 1.29 is 19.1 Å². The predicted molar refractivity (Wildman–Crippen MR) is 91.2 cm³/mol. The highest BCUT2D eigenvalue weighted by molar-refractivity contribution is 6.01. The van der Waals surface area contributed by atoms with Gasteiger partial charge < -0.3 is 10.1 Å². The zero-order chi connectivity index (χ0) is 18.2. The van der Waals surface area contributed by atoms with Gasteiger partial charge in [0.1, 0.15) is 0 Å². The maximum absolute atomic E-state index is 12.3. The first kappa shape index (κ1) is 18.3. The Labute approximate surface area is 145 Å². The topological polar surface area (TPSA) is 98.2 Å². The van der Waals surface area contributed by atoms with Crippen LogP contribution < -0.4 is 5.32 Å². The molecular formula is C18H19N3O4. The second-order valence-electron chi connectivity index (χ2n) is 5.38. The number of nitrogens with one attached hydrogen (secondary N) is 1. The van der Waals surface area contributed by atoms with Gasteiger partial charge in [0.2, 0.25) is 11.7 Å². The van der Waals surface area contributed by atoms with Crippen molar-refractivity contribution in [3.05, 3.63) is 54.1 Å². The highest BCUT2D eigenvalue weighted by Gasteiger charge is 2.21. The van der Waals surface area contributed by atoms with Gasteiger partial charge >= 0.3 is 5.97 Å². The summed E-state index contributed by atoms with van der Waals surface area (Å²) in [7, 11) is 0. The molecule has 1 aromatic carbocycles. The van der Waals surface area contributed by atoms with Crippen LogP contribution in [0.5, 0.6) is 0 Å². The number of anilines is 1. The fourth-order valence-corrected chi connectivity index (χ4v) is 2.08. The fraction of sp³-hybridized carbons (Fsp3) is 0.278. The van der Waals surface area contributed by atoms with E-state index >= 15 is 0 Å². The van der Waals surface area contributed by atoms with Gasteiger partial charge in [-0.2, -0.15) is 0 Å². The molecule has 1 atom stereocenters. The van der Waals surface area contributed by atoms with Gasteiger partial charge in [-0.1, -0.05) is 6.92 Å². The Morgan fingerprint density at radius 1 is 1.16 bits per heavy atom. The van der Waals surface area contributed by atoms with Crippen LogP contribution in [0.3, 0.4) is 0 Å². The number of amides is 1. The van der Waals surface area contributed by atoms with Crippen LogP contribution in [0.15, 0.2) is 42.9 Å². The van der Waals surface area contributed by atoms with E-state index in [1.54, 1.807) is 24.3 Å². The zero-order valence-electron chi connectivity index (χ0n) is 14.1. The first-order chi connectivity index (χ1) is 12.0. The maximum Gasteiger partial charge on any atom is 0.359 e. The number of benzene rings is 1. The number of rotatable bonds is 7. The lowest BCUT2D eigenvalue weighted by Crippen LogP contribution is -2.25. The molecule has 2 aromatic rings. The number of ketones is 1. The van der Waals surface area contributed by atoms with Crippen molar-refractivity contribution in [2.24, 2.45) is 0 Å². The molecule has 0 bridgehead atoms. The Morgan fingerprint density at radius 3 is 2.48 bits per heavy atom. The first-order valence-electron chi connectivity index (χ1n) is 7.92. The summed E-state index contributed by atoms with van der Waals surface area (Å²) in [6.45, 7) is 3.42. The quantitative estimate of drug-likeness (QED) is 0.614. The maximum atomic E-state index is 12.3. The molecule has 0 aliphatic carbocycles. The van der Waals surface area contributed by atoms with Crippen LogP contribution in [0, 0.1) is 0 Å². The van der Waals surface area contributed by atoms with Crippen molar-refractivity contribution in [1.29, 1.82) is 0 Å². The summed E-state index contributed by atoms with van der Waals surface area (Å²) in [5.74, 6) is -1.13. The van der Waals surface area contributed by atoms with Crippen LogP contribution in [0.2, 0.25) is 0 Å². The number of ether oxygens (including phenoxy) is 1. The molecule has 1 aromatic heterocycles. The number of hydrogen-bond donors (Lipinski definition) is 1. The standard InChI is InChI=1S/C18H19N3O4/c1-3-4-16(22)21-14-7-5-13(6-8-14)17(23)12(2)25-18(24)15-11-19-9-10-20-15/h5-12H,3-4H2,1-2H3,(H,21,22)/t12-/m0/s1. The number of hydrogen-bond acceptors (Lipinski definition) is 6. The zero-order valence-corrected chi connectivity index (χ0v) is 14.1. The molecule has 0 radical (unpaired) electrons. The molecule has 0 aliphatic heterocycles. The lowest BCUT2D eigenvalue weighted by Gasteiger charge is -2.12. The molecule has 0 spiro atoms. The van der Waals surface area contributed by atoms with Gasteiger partial charge in [-0.05, 0) is 37.6 Å². The minimum atomic E-state index is -0.963. The average molecular weight is 341 g/mol. The Bertz CT molecular complexity index is 745. The van der Waals surface area contributed by atoms with Crippen molar-refractivity contribution in [3.63, 3.8) is 0 Å². The highest BCUT2D eigenvalue weighted by atomic mass is 16.5. The van der Waals surface area contributed by atoms with E-state index in [1.165, 1.54) is 25.5 Å². The van der Waals surface area contributed by atoms with Crippen molar-refractivity contribution in [2.75, 3.05) is 5.32 Å². The molecule has 7 nitrogen and oxygen atoms in total. The van der Waals surface area contributed by atoms with E-state index in [0.717, 1.165) is 6.42 Å². The van der Waals surface area contributed by atoms with E-state index in [9.17, 15) is 14.4 Å². The van der Waals surface area contributed by atoms with E-state index in [1.807, 2.05) is 6.92 Å². The van der Waals surface area contributed by atoms with Crippen molar-refractivity contribution in [3.8, 4) is 0 Å². The van der Waals surface area contributed by atoms with Crippen LogP contribution >= 0.6 is 0 Å². The minimum Gasteiger partial charge on any atom is -0.449 e. The van der Waals surface area contributed by atoms with Crippen molar-refractivity contribution >= 4 is 23.3 Å². The van der Waals surface area contributed by atoms with Crippen LogP contribution in [0.1, 0.15) is 47.5 Å². The summed E-state index contributed by atoms with van der Waals surface area (Å²) in [5.41, 5.74) is 1.03. The van der Waals surface area contributed by atoms with Crippen LogP contribution in [-0.4, -0.2) is 33.7 Å². The molecule has 2 rings (SSSR count). The van der Waals surface area contributed by atoms with Gasteiger partial charge in [-0.3, -0.25) is 14.6 Å². The second kappa shape index (κ2) is 8.68. The van der Waals surface area contributed by atoms with E-state index in [4.69, 9.17) is 4.74 Å². The third kappa shape index (κ3) is 5.20. The van der Waals surface area contributed by atoms with E-state index < -0.39 is 12.1 Å². The Balaban J connectivity index is 1.97. The van der Waals surface area contributed by atoms with Gasteiger partial charge in [0.25, 0.3) is 0 Å². The van der Waals surface area contributed by atoms with Crippen molar-refractivity contribution in [2.45, 2.75) is 32.8 Å². The minimum absolute atomic E-state index is 0.0381. The van der Waals surface area contributed by atoms with Crippen molar-refractivity contribution in [1.82, 2.24) is 9.97 Å². The lowest BCUT2D eigenvalue weighted by molar-refractivity contribution is -0.116. The largest absolute Gasteiger partial charge is 0.449 e. The molecule has 0 fully saturated rings. The molecular weight excluding hydrogens is 322 g/mol. The van der Waals surface area contributed by atoms with Crippen LogP contribution in [0.25, 0.3) is 0 Å². The average Bonchev–Trinajstić information content (AvgIpc) is 2.62. The number of carbonyl (C=O) groups is 3. The molecule has 1 amide bonds. The molecule has 25 heavy (non-hydrogen) atoms. The molecule has 0 aliphatic rings. The van der Waals surface area contributed by atoms with Crippen LogP contribution in [-0.2, 0) is 9.53 Å². The Hall–Kier alpha value is -3.09. The summed E-state index contributed by atoms with van der Waals surface area (Å²) >= 11 is 0. The molecule has 7 heteroatoms. The number of esters is 1. The molecule has 130 valence electrons. The summed E-state index contributed by atoms with van der Waals surface area (Å²) in [4.78, 5) is 43.4. The molecule has 1 heterocycles. The highest BCUT2D eigenvalue weighted by Crippen LogP contribution is 2.13. The lowest BCUT2D eigenvalue weighted by atomic mass is 10.1. The third-order valence-electron chi connectivity index (χ3n) is 3.36. The van der Waals surface area contributed by atoms with Gasteiger partial charge in [-0.25, -0.2) is 9.78 Å². The SMILES string of the molecule is CCCC(=O)Nc1ccc(C(=O)[C@H](C)OC(=O)c2cnccn2)cc1. The smallest absolute Gasteiger partial charge is 0.359 e. The Kier molecular flexibility index (Phi) is 6.33. The normalized spacial score (nSPS) is 11.4. The van der Waals surface area contributed by atoms with Gasteiger partial charge in [-0.15, -0.1) is 0 Å². The van der Waals surface area contributed by atoms with Crippen LogP contribution in [0.4, 0.5) is 5.69 Å². The summed E-state index contributed by atoms with van der Waals surface area (Å²) in [5, 5.41) is 2.74. The number of carbonyl (C=O) groups excluding carboxylic acids is 3. The fourth-order valence-electron chi connectivity index (χ4n) is 2.08. The first-order valence-corrected chi connectivity index (χ1v) is 7.92. The molecule has 0 unspecified atom stereocenters. The number of aromatic nitrogens is 2. The monoisotopic (exact) mass is 341 g/mol. The summed E-state index contributed by atoms with van der Waals surface area (Å²) < 4.78 is 5.12. The second-order valence-corrected chi connectivity index (χ2v) is 5.38. The number of Topliss-reactive ketones (excluding diaryl/α,β-unsaturated/α-hetero) is 1. The number of nitrogens with zero attached hydrogens (tertiary/aromatic N) is 2. The predicted octanol–water partition coefficient (Wildman–Crippen LogP) is 2.64. The van der Waals surface area contributed by atoms with E-state index in [-0.39, 0.29) is 17.4 Å². The van der Waals surface area contributed by atoms with E-state index in [2.05, 4.69) is 15.3 Å². The molecule has 0 saturated heterocycles. The van der Waals surface area contributed by atoms with E-state index in [0.29, 0.717) is 17.7 Å². The summed E-state index contributed by atoms with van der Waals surface area (Å²) in [6, 6.07) is 6.43.